The minimum atomic E-state index is -2.90. The number of halogens is 2. The van der Waals surface area contributed by atoms with Crippen molar-refractivity contribution in [1.29, 1.82) is 0 Å². The van der Waals surface area contributed by atoms with E-state index in [0.29, 0.717) is 12.3 Å². The van der Waals surface area contributed by atoms with Gasteiger partial charge in [-0.25, -0.2) is 13.6 Å². The molecule has 2 fully saturated rings. The Morgan fingerprint density at radius 2 is 1.93 bits per heavy atom. The van der Waals surface area contributed by atoms with E-state index >= 15 is 0 Å². The average Bonchev–Trinajstić information content (AvgIpc) is 3.02. The van der Waals surface area contributed by atoms with Crippen LogP contribution in [0.4, 0.5) is 8.78 Å². The minimum Gasteiger partial charge on any atom is -0.479 e. The number of nitrogens with one attached hydrogen (secondary N) is 1. The van der Waals surface area contributed by atoms with Crippen LogP contribution in [0.3, 0.4) is 0 Å². The molecule has 27 heavy (non-hydrogen) atoms. The van der Waals surface area contributed by atoms with Gasteiger partial charge in [0, 0.05) is 18.8 Å². The number of benzene rings is 1. The molecule has 3 N–H and O–H groups in total. The summed E-state index contributed by atoms with van der Waals surface area (Å²) in [4.78, 5) is 12.0. The Hall–Kier alpha value is -1.53. The van der Waals surface area contributed by atoms with E-state index in [1.807, 2.05) is 12.1 Å². The number of rotatable bonds is 7. The van der Waals surface area contributed by atoms with Crippen molar-refractivity contribution >= 4 is 5.97 Å². The van der Waals surface area contributed by atoms with Crippen LogP contribution in [0, 0.1) is 11.8 Å². The first-order chi connectivity index (χ1) is 12.8. The van der Waals surface area contributed by atoms with Crippen LogP contribution in [0.1, 0.15) is 56.1 Å². The van der Waals surface area contributed by atoms with Crippen LogP contribution in [0.2, 0.25) is 0 Å². The lowest BCUT2D eigenvalue weighted by molar-refractivity contribution is -0.167. The first kappa shape index (κ1) is 20.2. The Balaban J connectivity index is 1.76. The van der Waals surface area contributed by atoms with Crippen molar-refractivity contribution in [3.8, 4) is 0 Å². The van der Waals surface area contributed by atoms with Crippen LogP contribution in [0.5, 0.6) is 0 Å². The molecule has 0 aromatic heterocycles. The standard InChI is InChI=1S/C21H29F2NO3/c22-20(23)11-8-17(14-20)21(27,19(25)26)18-7-2-1-5-16(18)6-3-4-15-9-12-24-13-10-15/h1-2,5,7,15,17,24,27H,3-4,6,8-14H2,(H,25,26)/t17-,21-/m1/s1. The monoisotopic (exact) mass is 381 g/mol. The van der Waals surface area contributed by atoms with Gasteiger partial charge in [-0.3, -0.25) is 0 Å². The molecular formula is C21H29F2NO3. The first-order valence-corrected chi connectivity index (χ1v) is 9.95. The van der Waals surface area contributed by atoms with Crippen molar-refractivity contribution in [1.82, 2.24) is 5.32 Å². The fraction of sp³-hybridized carbons (Fsp3) is 0.667. The van der Waals surface area contributed by atoms with E-state index in [1.165, 1.54) is 0 Å². The lowest BCUT2D eigenvalue weighted by Gasteiger charge is -2.32. The quantitative estimate of drug-likeness (QED) is 0.673. The first-order valence-electron chi connectivity index (χ1n) is 9.95. The molecule has 1 aliphatic carbocycles. The summed E-state index contributed by atoms with van der Waals surface area (Å²) < 4.78 is 27.4. The predicted octanol–water partition coefficient (Wildman–Crippen LogP) is 3.72. The molecule has 1 aromatic rings. The largest absolute Gasteiger partial charge is 0.479 e. The number of alkyl halides is 2. The van der Waals surface area contributed by atoms with Gasteiger partial charge in [0.15, 0.2) is 5.60 Å². The Labute approximate surface area is 159 Å². The second kappa shape index (κ2) is 8.23. The van der Waals surface area contributed by atoms with E-state index in [2.05, 4.69) is 5.32 Å². The third-order valence-corrected chi connectivity index (χ3v) is 6.27. The van der Waals surface area contributed by atoms with Gasteiger partial charge in [-0.2, -0.15) is 0 Å². The van der Waals surface area contributed by atoms with Crippen LogP contribution < -0.4 is 5.32 Å². The van der Waals surface area contributed by atoms with Crippen molar-refractivity contribution in [2.75, 3.05) is 13.1 Å². The summed E-state index contributed by atoms with van der Waals surface area (Å²) in [7, 11) is 0. The van der Waals surface area contributed by atoms with Gasteiger partial charge in [0.05, 0.1) is 0 Å². The van der Waals surface area contributed by atoms with E-state index in [4.69, 9.17) is 0 Å². The topological polar surface area (TPSA) is 69.6 Å². The molecule has 0 amide bonds. The molecule has 1 saturated heterocycles. The highest BCUT2D eigenvalue weighted by atomic mass is 19.3. The van der Waals surface area contributed by atoms with Crippen molar-refractivity contribution in [3.63, 3.8) is 0 Å². The molecule has 1 aromatic carbocycles. The van der Waals surface area contributed by atoms with E-state index in [-0.39, 0.29) is 18.4 Å². The highest BCUT2D eigenvalue weighted by molar-refractivity contribution is 5.80. The normalized spacial score (nSPS) is 25.2. The van der Waals surface area contributed by atoms with Crippen LogP contribution in [0.25, 0.3) is 0 Å². The Morgan fingerprint density at radius 1 is 1.22 bits per heavy atom. The number of aryl methyl sites for hydroxylation is 1. The number of hydrogen-bond acceptors (Lipinski definition) is 3. The number of carbonyl (C=O) groups is 1. The number of carboxylic acid groups (broad SMARTS) is 1. The molecule has 2 atom stereocenters. The van der Waals surface area contributed by atoms with E-state index in [0.717, 1.165) is 44.3 Å². The SMILES string of the molecule is O=C(O)[C@](O)(c1ccccc1CCCC1CCNCC1)[C@@H]1CCC(F)(F)C1. The second-order valence-electron chi connectivity index (χ2n) is 8.11. The Bertz CT molecular complexity index is 661. The molecule has 4 nitrogen and oxygen atoms in total. The predicted molar refractivity (Wildman–Crippen MR) is 98.8 cm³/mol. The third-order valence-electron chi connectivity index (χ3n) is 6.27. The van der Waals surface area contributed by atoms with Gasteiger partial charge in [-0.15, -0.1) is 0 Å². The third kappa shape index (κ3) is 4.49. The zero-order valence-corrected chi connectivity index (χ0v) is 15.6. The lowest BCUT2D eigenvalue weighted by Crippen LogP contribution is -2.43. The number of carboxylic acids is 1. The summed E-state index contributed by atoms with van der Waals surface area (Å²) in [5.41, 5.74) is -1.22. The van der Waals surface area contributed by atoms with Gasteiger partial charge in [0.25, 0.3) is 0 Å². The van der Waals surface area contributed by atoms with E-state index in [9.17, 15) is 23.8 Å². The van der Waals surface area contributed by atoms with Crippen LogP contribution in [0.15, 0.2) is 24.3 Å². The second-order valence-corrected chi connectivity index (χ2v) is 8.11. The summed E-state index contributed by atoms with van der Waals surface area (Å²) in [5.74, 6) is -4.64. The Morgan fingerprint density at radius 3 is 2.56 bits per heavy atom. The molecule has 1 heterocycles. The summed E-state index contributed by atoms with van der Waals surface area (Å²) in [6.45, 7) is 2.08. The summed E-state index contributed by atoms with van der Waals surface area (Å²) in [6, 6.07) is 6.89. The molecule has 2 aliphatic rings. The highest BCUT2D eigenvalue weighted by Crippen LogP contribution is 2.48. The van der Waals surface area contributed by atoms with Gasteiger partial charge >= 0.3 is 5.97 Å². The number of aliphatic hydroxyl groups is 1. The molecule has 1 saturated carbocycles. The van der Waals surface area contributed by atoms with Crippen LogP contribution in [-0.2, 0) is 16.8 Å². The minimum absolute atomic E-state index is 0.0131. The maximum absolute atomic E-state index is 13.7. The Kier molecular flexibility index (Phi) is 6.16. The fourth-order valence-corrected chi connectivity index (χ4v) is 4.68. The van der Waals surface area contributed by atoms with Crippen LogP contribution in [-0.4, -0.2) is 35.2 Å². The molecule has 1 aliphatic heterocycles. The van der Waals surface area contributed by atoms with Gasteiger partial charge in [0.2, 0.25) is 5.92 Å². The van der Waals surface area contributed by atoms with Crippen LogP contribution >= 0.6 is 0 Å². The summed E-state index contributed by atoms with van der Waals surface area (Å²) in [6.07, 6.45) is 3.97. The number of piperidine rings is 1. The molecule has 0 spiro atoms. The number of aliphatic carboxylic acids is 1. The zero-order chi connectivity index (χ0) is 19.5. The van der Waals surface area contributed by atoms with Crippen molar-refractivity contribution < 1.29 is 23.8 Å². The van der Waals surface area contributed by atoms with Gasteiger partial charge in [0.1, 0.15) is 0 Å². The molecule has 0 radical (unpaired) electrons. The molecule has 0 unspecified atom stereocenters. The molecule has 150 valence electrons. The van der Waals surface area contributed by atoms with Gasteiger partial charge in [-0.1, -0.05) is 30.7 Å². The maximum Gasteiger partial charge on any atom is 0.340 e. The molecule has 6 heteroatoms. The molecular weight excluding hydrogens is 352 g/mol. The molecule has 3 rings (SSSR count). The highest BCUT2D eigenvalue weighted by Gasteiger charge is 2.54. The smallest absolute Gasteiger partial charge is 0.340 e. The number of hydrogen-bond donors (Lipinski definition) is 3. The van der Waals surface area contributed by atoms with Crippen molar-refractivity contribution in [2.45, 2.75) is 62.9 Å². The fourth-order valence-electron chi connectivity index (χ4n) is 4.68. The zero-order valence-electron chi connectivity index (χ0n) is 15.6. The van der Waals surface area contributed by atoms with E-state index in [1.54, 1.807) is 12.1 Å². The maximum atomic E-state index is 13.7. The van der Waals surface area contributed by atoms with Gasteiger partial charge in [-0.05, 0) is 62.2 Å². The average molecular weight is 381 g/mol. The van der Waals surface area contributed by atoms with Gasteiger partial charge < -0.3 is 15.5 Å². The molecule has 0 bridgehead atoms. The van der Waals surface area contributed by atoms with E-state index < -0.39 is 29.8 Å². The summed E-state index contributed by atoms with van der Waals surface area (Å²) in [5, 5.41) is 24.2. The van der Waals surface area contributed by atoms with Crippen molar-refractivity contribution in [2.24, 2.45) is 11.8 Å². The van der Waals surface area contributed by atoms with Crippen molar-refractivity contribution in [3.05, 3.63) is 35.4 Å². The summed E-state index contributed by atoms with van der Waals surface area (Å²) >= 11 is 0. The lowest BCUT2D eigenvalue weighted by atomic mass is 9.77.